The molecule has 15 heavy (non-hydrogen) atoms. The van der Waals surface area contributed by atoms with Crippen LogP contribution in [0.1, 0.15) is 17.3 Å². The minimum atomic E-state index is 0.0799. The number of anilines is 1. The molecule has 0 aliphatic heterocycles. The molecular formula is C11H12N2OS. The van der Waals surface area contributed by atoms with Crippen molar-refractivity contribution in [1.82, 2.24) is 4.98 Å². The minimum absolute atomic E-state index is 0.0799. The van der Waals surface area contributed by atoms with Gasteiger partial charge in [-0.05, 0) is 25.1 Å². The molecule has 0 bridgehead atoms. The Morgan fingerprint density at radius 3 is 2.73 bits per heavy atom. The van der Waals surface area contributed by atoms with Crippen molar-refractivity contribution in [2.75, 3.05) is 19.0 Å². The topological polar surface area (TPSA) is 33.2 Å². The first-order valence-electron chi connectivity index (χ1n) is 4.67. The molecule has 2 aromatic rings. The molecule has 1 heterocycles. The zero-order valence-corrected chi connectivity index (χ0v) is 9.76. The monoisotopic (exact) mass is 220 g/mol. The van der Waals surface area contributed by atoms with Crippen LogP contribution in [0.5, 0.6) is 0 Å². The van der Waals surface area contributed by atoms with Crippen molar-refractivity contribution in [3.8, 4) is 0 Å². The van der Waals surface area contributed by atoms with Crippen molar-refractivity contribution >= 4 is 32.5 Å². The van der Waals surface area contributed by atoms with Gasteiger partial charge in [0.05, 0.1) is 10.2 Å². The summed E-state index contributed by atoms with van der Waals surface area (Å²) in [6.45, 7) is 1.57. The highest BCUT2D eigenvalue weighted by molar-refractivity contribution is 7.22. The quantitative estimate of drug-likeness (QED) is 0.729. The first kappa shape index (κ1) is 10.1. The third-order valence-electron chi connectivity index (χ3n) is 2.17. The average molecular weight is 220 g/mol. The lowest BCUT2D eigenvalue weighted by atomic mass is 10.1. The van der Waals surface area contributed by atoms with E-state index in [-0.39, 0.29) is 5.78 Å². The molecule has 3 nitrogen and oxygen atoms in total. The van der Waals surface area contributed by atoms with E-state index >= 15 is 0 Å². The van der Waals surface area contributed by atoms with Crippen LogP contribution in [-0.4, -0.2) is 24.9 Å². The Morgan fingerprint density at radius 2 is 2.13 bits per heavy atom. The number of carbonyl (C=O) groups is 1. The summed E-state index contributed by atoms with van der Waals surface area (Å²) in [6, 6.07) is 5.65. The molecule has 0 fully saturated rings. The Bertz CT molecular complexity index is 516. The highest BCUT2D eigenvalue weighted by atomic mass is 32.1. The Labute approximate surface area is 92.4 Å². The molecule has 0 spiro atoms. The third kappa shape index (κ3) is 1.85. The average Bonchev–Trinajstić information content (AvgIpc) is 2.59. The summed E-state index contributed by atoms with van der Waals surface area (Å²) in [5, 5.41) is 0.964. The molecule has 0 N–H and O–H groups in total. The zero-order valence-electron chi connectivity index (χ0n) is 8.94. The van der Waals surface area contributed by atoms with E-state index in [1.807, 2.05) is 37.2 Å². The number of benzene rings is 1. The lowest BCUT2D eigenvalue weighted by molar-refractivity contribution is 0.101. The second-order valence-electron chi connectivity index (χ2n) is 3.63. The third-order valence-corrected chi connectivity index (χ3v) is 3.37. The van der Waals surface area contributed by atoms with Crippen molar-refractivity contribution in [3.05, 3.63) is 23.8 Å². The molecule has 2 rings (SSSR count). The van der Waals surface area contributed by atoms with E-state index in [0.29, 0.717) is 0 Å². The summed E-state index contributed by atoms with van der Waals surface area (Å²) in [7, 11) is 3.92. The molecular weight excluding hydrogens is 208 g/mol. The van der Waals surface area contributed by atoms with E-state index in [1.165, 1.54) is 0 Å². The number of Topliss-reactive ketones (excluding diaryl/α,β-unsaturated/α-hetero) is 1. The number of carbonyl (C=O) groups excluding carboxylic acids is 1. The van der Waals surface area contributed by atoms with Gasteiger partial charge >= 0.3 is 0 Å². The van der Waals surface area contributed by atoms with Gasteiger partial charge in [-0.25, -0.2) is 4.98 Å². The number of rotatable bonds is 2. The molecule has 0 amide bonds. The number of fused-ring (bicyclic) bond motifs is 1. The molecule has 0 saturated carbocycles. The summed E-state index contributed by atoms with van der Waals surface area (Å²) in [4.78, 5) is 17.6. The fourth-order valence-corrected chi connectivity index (χ4v) is 2.19. The van der Waals surface area contributed by atoms with Crippen molar-refractivity contribution < 1.29 is 4.79 Å². The van der Waals surface area contributed by atoms with Crippen molar-refractivity contribution in [1.29, 1.82) is 0 Å². The number of ketones is 1. The molecule has 0 unspecified atom stereocenters. The summed E-state index contributed by atoms with van der Waals surface area (Å²) in [5.41, 5.74) is 1.62. The molecule has 4 heteroatoms. The fourth-order valence-electron chi connectivity index (χ4n) is 1.33. The predicted molar refractivity (Wildman–Crippen MR) is 64.0 cm³/mol. The van der Waals surface area contributed by atoms with Gasteiger partial charge in [-0.1, -0.05) is 11.3 Å². The van der Waals surface area contributed by atoms with E-state index in [2.05, 4.69) is 4.98 Å². The Balaban J connectivity index is 2.57. The van der Waals surface area contributed by atoms with E-state index in [9.17, 15) is 4.79 Å². The maximum Gasteiger partial charge on any atom is 0.185 e. The van der Waals surface area contributed by atoms with Gasteiger partial charge in [0, 0.05) is 19.7 Å². The molecule has 1 aromatic carbocycles. The van der Waals surface area contributed by atoms with E-state index in [4.69, 9.17) is 0 Å². The van der Waals surface area contributed by atoms with Crippen LogP contribution in [-0.2, 0) is 0 Å². The molecule has 0 aliphatic carbocycles. The van der Waals surface area contributed by atoms with Crippen LogP contribution in [0.25, 0.3) is 10.2 Å². The Morgan fingerprint density at radius 1 is 1.40 bits per heavy atom. The normalized spacial score (nSPS) is 10.6. The van der Waals surface area contributed by atoms with E-state index < -0.39 is 0 Å². The lowest BCUT2D eigenvalue weighted by Gasteiger charge is -2.04. The van der Waals surface area contributed by atoms with Crippen LogP contribution in [0, 0.1) is 0 Å². The Kier molecular flexibility index (Phi) is 2.44. The van der Waals surface area contributed by atoms with Gasteiger partial charge in [0.2, 0.25) is 0 Å². The maximum atomic E-state index is 11.2. The van der Waals surface area contributed by atoms with Crippen molar-refractivity contribution in [3.63, 3.8) is 0 Å². The second-order valence-corrected chi connectivity index (χ2v) is 4.64. The van der Waals surface area contributed by atoms with Gasteiger partial charge in [-0.15, -0.1) is 0 Å². The van der Waals surface area contributed by atoms with Crippen LogP contribution in [0.2, 0.25) is 0 Å². The van der Waals surface area contributed by atoms with Gasteiger partial charge < -0.3 is 4.90 Å². The standard InChI is InChI=1S/C11H12N2OS/c1-7(14)8-4-5-10-9(6-8)12-11(15-10)13(2)3/h4-6H,1-3H3. The fraction of sp³-hybridized carbons (Fsp3) is 0.273. The number of nitrogens with zero attached hydrogens (tertiary/aromatic N) is 2. The minimum Gasteiger partial charge on any atom is -0.354 e. The van der Waals surface area contributed by atoms with Gasteiger partial charge in [-0.2, -0.15) is 0 Å². The molecule has 1 aromatic heterocycles. The molecule has 0 atom stereocenters. The van der Waals surface area contributed by atoms with Crippen molar-refractivity contribution in [2.24, 2.45) is 0 Å². The largest absolute Gasteiger partial charge is 0.354 e. The van der Waals surface area contributed by atoms with Gasteiger partial charge in [0.1, 0.15) is 0 Å². The Hall–Kier alpha value is -1.42. The summed E-state index contributed by atoms with van der Waals surface area (Å²) < 4.78 is 1.11. The summed E-state index contributed by atoms with van der Waals surface area (Å²) in [6.07, 6.45) is 0. The number of thiazole rings is 1. The molecule has 0 aliphatic rings. The van der Waals surface area contributed by atoms with Gasteiger partial charge in [-0.3, -0.25) is 4.79 Å². The predicted octanol–water partition coefficient (Wildman–Crippen LogP) is 2.56. The van der Waals surface area contributed by atoms with Crippen LogP contribution < -0.4 is 4.90 Å². The zero-order chi connectivity index (χ0) is 11.0. The highest BCUT2D eigenvalue weighted by Gasteiger charge is 2.07. The van der Waals surface area contributed by atoms with E-state index in [1.54, 1.807) is 18.3 Å². The first-order chi connectivity index (χ1) is 7.08. The number of hydrogen-bond donors (Lipinski definition) is 0. The SMILES string of the molecule is CC(=O)c1ccc2sc(N(C)C)nc2c1. The smallest absolute Gasteiger partial charge is 0.185 e. The van der Waals surface area contributed by atoms with Crippen LogP contribution in [0.3, 0.4) is 0 Å². The maximum absolute atomic E-state index is 11.2. The second kappa shape index (κ2) is 3.62. The summed E-state index contributed by atoms with van der Waals surface area (Å²) in [5.74, 6) is 0.0799. The van der Waals surface area contributed by atoms with Gasteiger partial charge in [0.25, 0.3) is 0 Å². The number of hydrogen-bond acceptors (Lipinski definition) is 4. The van der Waals surface area contributed by atoms with Gasteiger partial charge in [0.15, 0.2) is 10.9 Å². The first-order valence-corrected chi connectivity index (χ1v) is 5.48. The lowest BCUT2D eigenvalue weighted by Crippen LogP contribution is -2.07. The van der Waals surface area contributed by atoms with E-state index in [0.717, 1.165) is 20.9 Å². The van der Waals surface area contributed by atoms with Crippen LogP contribution in [0.4, 0.5) is 5.13 Å². The van der Waals surface area contributed by atoms with Crippen LogP contribution >= 0.6 is 11.3 Å². The van der Waals surface area contributed by atoms with Crippen molar-refractivity contribution in [2.45, 2.75) is 6.92 Å². The molecule has 0 radical (unpaired) electrons. The summed E-state index contributed by atoms with van der Waals surface area (Å²) >= 11 is 1.63. The molecule has 78 valence electrons. The van der Waals surface area contributed by atoms with Crippen LogP contribution in [0.15, 0.2) is 18.2 Å². The number of aromatic nitrogens is 1. The molecule has 0 saturated heterocycles. The highest BCUT2D eigenvalue weighted by Crippen LogP contribution is 2.28.